The fraction of sp³-hybridized carbons (Fsp3) is 0.474. The number of likely N-dealkylation sites (tertiary alicyclic amines) is 1. The Balaban J connectivity index is 1.48. The number of sulfonamides is 1. The summed E-state index contributed by atoms with van der Waals surface area (Å²) in [6.45, 7) is 2.92. The maximum Gasteiger partial charge on any atom is 0.410 e. The monoisotopic (exact) mass is 423 g/mol. The maximum atomic E-state index is 12.4. The normalized spacial score (nSPS) is 17.0. The molecule has 1 amide bonds. The molecule has 152 valence electrons. The molecule has 2 aromatic rings. The second kappa shape index (κ2) is 9.49. The number of carbonyl (C=O) groups is 1. The number of rotatable bonds is 8. The molecule has 1 atom stereocenters. The summed E-state index contributed by atoms with van der Waals surface area (Å²) in [5, 5.41) is 2.90. The zero-order valence-electron chi connectivity index (χ0n) is 15.8. The minimum absolute atomic E-state index is 0.108. The largest absolute Gasteiger partial charge is 0.445 e. The van der Waals surface area contributed by atoms with Gasteiger partial charge in [-0.05, 0) is 25.3 Å². The lowest BCUT2D eigenvalue weighted by Crippen LogP contribution is -2.43. The smallest absolute Gasteiger partial charge is 0.410 e. The molecule has 1 aromatic heterocycles. The number of thiazole rings is 1. The highest BCUT2D eigenvalue weighted by Gasteiger charge is 2.33. The van der Waals surface area contributed by atoms with Crippen LogP contribution in [0.15, 0.2) is 35.7 Å². The summed E-state index contributed by atoms with van der Waals surface area (Å²) in [6, 6.07) is 9.07. The lowest BCUT2D eigenvalue weighted by molar-refractivity contribution is 0.0948. The van der Waals surface area contributed by atoms with E-state index >= 15 is 0 Å². The number of hydrogen-bond donors (Lipinski definition) is 1. The zero-order chi connectivity index (χ0) is 20.0. The minimum Gasteiger partial charge on any atom is -0.445 e. The van der Waals surface area contributed by atoms with Crippen molar-refractivity contribution >= 4 is 27.5 Å². The van der Waals surface area contributed by atoms with Gasteiger partial charge in [0, 0.05) is 24.9 Å². The second-order valence-electron chi connectivity index (χ2n) is 6.81. The Labute approximate surface area is 169 Å². The van der Waals surface area contributed by atoms with E-state index in [1.54, 1.807) is 11.3 Å². The molecule has 1 saturated heterocycles. The number of aromatic nitrogens is 1. The third-order valence-corrected chi connectivity index (χ3v) is 6.89. The Hall–Kier alpha value is -1.97. The van der Waals surface area contributed by atoms with E-state index in [-0.39, 0.29) is 18.4 Å². The van der Waals surface area contributed by atoms with E-state index in [0.29, 0.717) is 25.9 Å². The quantitative estimate of drug-likeness (QED) is 0.705. The van der Waals surface area contributed by atoms with Gasteiger partial charge in [-0.2, -0.15) is 0 Å². The number of hydrogen-bond acceptors (Lipinski definition) is 6. The number of nitrogens with zero attached hydrogens (tertiary/aromatic N) is 2. The van der Waals surface area contributed by atoms with Gasteiger partial charge in [-0.15, -0.1) is 11.3 Å². The number of aryl methyl sites for hydroxylation is 1. The maximum absolute atomic E-state index is 12.4. The van der Waals surface area contributed by atoms with Gasteiger partial charge in [0.15, 0.2) is 0 Å². The molecule has 0 unspecified atom stereocenters. The van der Waals surface area contributed by atoms with Crippen molar-refractivity contribution in [1.82, 2.24) is 14.6 Å². The van der Waals surface area contributed by atoms with Crippen molar-refractivity contribution in [2.45, 2.75) is 38.8 Å². The molecule has 0 radical (unpaired) electrons. The summed E-state index contributed by atoms with van der Waals surface area (Å²) in [4.78, 5) is 18.3. The highest BCUT2D eigenvalue weighted by molar-refractivity contribution is 7.89. The second-order valence-corrected chi connectivity index (χ2v) is 9.73. The van der Waals surface area contributed by atoms with Crippen molar-refractivity contribution in [2.24, 2.45) is 0 Å². The standard InChI is InChI=1S/C19H25N3O4S2/c1-15-21-17(13-27-15)9-10-20-28(24,25)14-18-8-5-11-22(18)19(23)26-12-16-6-3-2-4-7-16/h2-4,6-7,13,18,20H,5,8-12,14H2,1H3/t18-/m1/s1. The van der Waals surface area contributed by atoms with Crippen LogP contribution in [0.1, 0.15) is 29.1 Å². The van der Waals surface area contributed by atoms with Crippen molar-refractivity contribution in [3.8, 4) is 0 Å². The molecule has 1 N–H and O–H groups in total. The summed E-state index contributed by atoms with van der Waals surface area (Å²) in [5.74, 6) is -0.108. The van der Waals surface area contributed by atoms with Crippen LogP contribution in [0.3, 0.4) is 0 Å². The Morgan fingerprint density at radius 3 is 2.86 bits per heavy atom. The third-order valence-electron chi connectivity index (χ3n) is 4.60. The fourth-order valence-corrected chi connectivity index (χ4v) is 5.25. The number of nitrogens with one attached hydrogen (secondary N) is 1. The number of benzene rings is 1. The lowest BCUT2D eigenvalue weighted by Gasteiger charge is -2.24. The van der Waals surface area contributed by atoms with E-state index in [1.165, 1.54) is 4.90 Å². The first-order chi connectivity index (χ1) is 13.4. The molecule has 1 aromatic carbocycles. The van der Waals surface area contributed by atoms with Crippen LogP contribution >= 0.6 is 11.3 Å². The van der Waals surface area contributed by atoms with E-state index < -0.39 is 16.1 Å². The first kappa shape index (κ1) is 20.8. The van der Waals surface area contributed by atoms with Gasteiger partial charge in [0.05, 0.1) is 22.5 Å². The van der Waals surface area contributed by atoms with Crippen LogP contribution in [0.25, 0.3) is 0 Å². The first-order valence-corrected chi connectivity index (χ1v) is 11.8. The molecule has 0 saturated carbocycles. The molecule has 3 rings (SSSR count). The van der Waals surface area contributed by atoms with Gasteiger partial charge in [0.25, 0.3) is 0 Å². The zero-order valence-corrected chi connectivity index (χ0v) is 17.5. The highest BCUT2D eigenvalue weighted by atomic mass is 32.2. The molecule has 1 aliphatic rings. The lowest BCUT2D eigenvalue weighted by atomic mass is 10.2. The van der Waals surface area contributed by atoms with Gasteiger partial charge < -0.3 is 9.64 Å². The van der Waals surface area contributed by atoms with Crippen molar-refractivity contribution in [3.63, 3.8) is 0 Å². The van der Waals surface area contributed by atoms with Crippen molar-refractivity contribution in [1.29, 1.82) is 0 Å². The van der Waals surface area contributed by atoms with E-state index in [0.717, 1.165) is 22.7 Å². The molecule has 2 heterocycles. The van der Waals surface area contributed by atoms with Crippen molar-refractivity contribution in [2.75, 3.05) is 18.8 Å². The summed E-state index contributed by atoms with van der Waals surface area (Å²) >= 11 is 1.55. The first-order valence-electron chi connectivity index (χ1n) is 9.28. The molecule has 28 heavy (non-hydrogen) atoms. The van der Waals surface area contributed by atoms with Gasteiger partial charge in [0.2, 0.25) is 10.0 Å². The highest BCUT2D eigenvalue weighted by Crippen LogP contribution is 2.20. The Bertz CT molecular complexity index is 884. The summed E-state index contributed by atoms with van der Waals surface area (Å²) in [5.41, 5.74) is 1.79. The van der Waals surface area contributed by atoms with Gasteiger partial charge in [-0.1, -0.05) is 30.3 Å². The average molecular weight is 424 g/mol. The van der Waals surface area contributed by atoms with Crippen LogP contribution in [0.4, 0.5) is 4.79 Å². The molecular weight excluding hydrogens is 398 g/mol. The molecule has 1 fully saturated rings. The molecular formula is C19H25N3O4S2. The van der Waals surface area contributed by atoms with Crippen LogP contribution in [0, 0.1) is 6.92 Å². The Morgan fingerprint density at radius 2 is 2.14 bits per heavy atom. The molecule has 0 spiro atoms. The summed E-state index contributed by atoms with van der Waals surface area (Å²) in [7, 11) is -3.49. The number of ether oxygens (including phenoxy) is 1. The van der Waals surface area contributed by atoms with E-state index in [4.69, 9.17) is 4.74 Å². The van der Waals surface area contributed by atoms with Gasteiger partial charge in [-0.3, -0.25) is 0 Å². The van der Waals surface area contributed by atoms with Gasteiger partial charge in [-0.25, -0.2) is 22.9 Å². The van der Waals surface area contributed by atoms with Crippen LogP contribution in [-0.2, 0) is 27.8 Å². The molecule has 9 heteroatoms. The predicted molar refractivity (Wildman–Crippen MR) is 109 cm³/mol. The van der Waals surface area contributed by atoms with Crippen molar-refractivity contribution < 1.29 is 17.9 Å². The molecule has 1 aliphatic heterocycles. The third kappa shape index (κ3) is 6.02. The molecule has 0 bridgehead atoms. The van der Waals surface area contributed by atoms with E-state index in [1.807, 2.05) is 42.6 Å². The summed E-state index contributed by atoms with van der Waals surface area (Å²) in [6.07, 6.45) is 1.53. The van der Waals surface area contributed by atoms with Crippen LogP contribution in [-0.4, -0.2) is 49.3 Å². The predicted octanol–water partition coefficient (Wildman–Crippen LogP) is 2.71. The summed E-state index contributed by atoms with van der Waals surface area (Å²) < 4.78 is 32.8. The van der Waals surface area contributed by atoms with Crippen LogP contribution < -0.4 is 4.72 Å². The van der Waals surface area contributed by atoms with E-state index in [2.05, 4.69) is 9.71 Å². The fourth-order valence-electron chi connectivity index (χ4n) is 3.22. The SMILES string of the molecule is Cc1nc(CCNS(=O)(=O)C[C@H]2CCCN2C(=O)OCc2ccccc2)cs1. The Morgan fingerprint density at radius 1 is 1.36 bits per heavy atom. The van der Waals surface area contributed by atoms with Crippen LogP contribution in [0.5, 0.6) is 0 Å². The number of carbonyl (C=O) groups excluding carboxylic acids is 1. The van der Waals surface area contributed by atoms with Gasteiger partial charge in [0.1, 0.15) is 6.61 Å². The minimum atomic E-state index is -3.49. The molecule has 7 nitrogen and oxygen atoms in total. The van der Waals surface area contributed by atoms with Crippen molar-refractivity contribution in [3.05, 3.63) is 52.0 Å². The van der Waals surface area contributed by atoms with Gasteiger partial charge >= 0.3 is 6.09 Å². The topological polar surface area (TPSA) is 88.6 Å². The number of amides is 1. The average Bonchev–Trinajstić information content (AvgIpc) is 3.29. The molecule has 0 aliphatic carbocycles. The van der Waals surface area contributed by atoms with Crippen LogP contribution in [0.2, 0.25) is 0 Å². The Kier molecular flexibility index (Phi) is 7.03. The van der Waals surface area contributed by atoms with E-state index in [9.17, 15) is 13.2 Å².